The number of nitrogens with one attached hydrogen (secondary N) is 2. The van der Waals surface area contributed by atoms with Crippen LogP contribution in [0.3, 0.4) is 0 Å². The molecule has 4 rings (SSSR count). The average molecular weight is 558 g/mol. The van der Waals surface area contributed by atoms with Gasteiger partial charge >= 0.3 is 6.18 Å². The van der Waals surface area contributed by atoms with Crippen LogP contribution in [0.15, 0.2) is 53.4 Å². The lowest BCUT2D eigenvalue weighted by Crippen LogP contribution is -2.39. The maximum atomic E-state index is 13.5. The highest BCUT2D eigenvalue weighted by molar-refractivity contribution is 7.98. The Morgan fingerprint density at radius 2 is 1.82 bits per heavy atom. The summed E-state index contributed by atoms with van der Waals surface area (Å²) in [6.45, 7) is 3.16. The fourth-order valence-electron chi connectivity index (χ4n) is 5.03. The number of fused-ring (bicyclic) bond motifs is 1. The third-order valence-electron chi connectivity index (χ3n) is 7.10. The van der Waals surface area contributed by atoms with Gasteiger partial charge in [0.15, 0.2) is 0 Å². The summed E-state index contributed by atoms with van der Waals surface area (Å²) in [6, 6.07) is 15.6. The van der Waals surface area contributed by atoms with E-state index in [0.717, 1.165) is 73.5 Å². The van der Waals surface area contributed by atoms with Crippen molar-refractivity contribution in [3.63, 3.8) is 0 Å². The maximum absolute atomic E-state index is 13.5. The topological polar surface area (TPSA) is 58.2 Å². The third kappa shape index (κ3) is 8.59. The summed E-state index contributed by atoms with van der Waals surface area (Å²) in [5.74, 6) is 6.00. The van der Waals surface area contributed by atoms with Crippen LogP contribution in [0.4, 0.5) is 24.5 Å². The van der Waals surface area contributed by atoms with E-state index in [0.29, 0.717) is 17.8 Å². The molecule has 0 aliphatic carbocycles. The summed E-state index contributed by atoms with van der Waals surface area (Å²) in [5.41, 5.74) is 8.28. The van der Waals surface area contributed by atoms with Gasteiger partial charge in [-0.05, 0) is 93.4 Å². The van der Waals surface area contributed by atoms with Gasteiger partial charge in [-0.25, -0.2) is 0 Å². The van der Waals surface area contributed by atoms with Gasteiger partial charge in [-0.1, -0.05) is 18.4 Å². The smallest absolute Gasteiger partial charge is 0.382 e. The molecular formula is C30H38F3N5S. The first kappa shape index (κ1) is 29.2. The predicted molar refractivity (Wildman–Crippen MR) is 158 cm³/mol. The molecule has 9 heteroatoms. The van der Waals surface area contributed by atoms with E-state index < -0.39 is 12.7 Å². The standard InChI is InChI=1S/C30H38F3N5S/c1-39-26-12-10-23(11-13-26)35-17-6-7-25-21-27-28(8-5-9-29(27)38(25)22-30(31,32)33)36-24-14-19-37(20-15-24)18-4-2-3-16-34/h5,8-13,21,24,35-36H,2-4,14-20,22,34H2,1H3. The average Bonchev–Trinajstić information content (AvgIpc) is 3.27. The number of alkyl halides is 3. The van der Waals surface area contributed by atoms with Crippen molar-refractivity contribution in [2.75, 3.05) is 49.6 Å². The van der Waals surface area contributed by atoms with Gasteiger partial charge in [-0.2, -0.15) is 13.2 Å². The zero-order valence-corrected chi connectivity index (χ0v) is 23.3. The minimum absolute atomic E-state index is 0.290. The number of piperidine rings is 1. The number of aromatic nitrogens is 1. The second-order valence-electron chi connectivity index (χ2n) is 9.96. The van der Waals surface area contributed by atoms with Gasteiger partial charge in [-0.15, -0.1) is 11.8 Å². The summed E-state index contributed by atoms with van der Waals surface area (Å²) in [7, 11) is 0. The molecule has 5 nitrogen and oxygen atoms in total. The first-order valence-electron chi connectivity index (χ1n) is 13.6. The number of nitrogens with zero attached hydrogens (tertiary/aromatic N) is 2. The number of likely N-dealkylation sites (tertiary alicyclic amines) is 1. The van der Waals surface area contributed by atoms with Gasteiger partial charge in [0.05, 0.1) is 17.8 Å². The number of rotatable bonds is 11. The Bertz CT molecular complexity index is 1250. The van der Waals surface area contributed by atoms with E-state index in [1.165, 1.54) is 11.0 Å². The van der Waals surface area contributed by atoms with E-state index in [-0.39, 0.29) is 6.04 Å². The van der Waals surface area contributed by atoms with Crippen molar-refractivity contribution in [3.05, 3.63) is 54.2 Å². The molecule has 210 valence electrons. The Hall–Kier alpha value is -2.80. The zero-order valence-electron chi connectivity index (χ0n) is 22.5. The van der Waals surface area contributed by atoms with Gasteiger partial charge in [0.25, 0.3) is 0 Å². The number of unbranched alkanes of at least 4 members (excludes halogenated alkanes) is 2. The maximum Gasteiger partial charge on any atom is 0.406 e. The Morgan fingerprint density at radius 3 is 2.51 bits per heavy atom. The number of thioether (sulfide) groups is 1. The number of nitrogens with two attached hydrogens (primary N) is 1. The van der Waals surface area contributed by atoms with Crippen LogP contribution in [-0.4, -0.2) is 60.7 Å². The molecule has 2 aromatic carbocycles. The monoisotopic (exact) mass is 557 g/mol. The van der Waals surface area contributed by atoms with E-state index in [1.54, 1.807) is 23.9 Å². The lowest BCUT2D eigenvalue weighted by Gasteiger charge is -2.33. The van der Waals surface area contributed by atoms with Gasteiger partial charge in [-0.3, -0.25) is 0 Å². The van der Waals surface area contributed by atoms with Crippen LogP contribution >= 0.6 is 11.8 Å². The molecule has 1 aromatic heterocycles. The molecule has 0 amide bonds. The highest BCUT2D eigenvalue weighted by atomic mass is 32.2. The molecular weight excluding hydrogens is 519 g/mol. The molecule has 0 unspecified atom stereocenters. The van der Waals surface area contributed by atoms with Crippen LogP contribution in [-0.2, 0) is 6.54 Å². The molecule has 0 atom stereocenters. The van der Waals surface area contributed by atoms with Gasteiger partial charge < -0.3 is 25.8 Å². The second kappa shape index (κ2) is 14.0. The number of hydrogen-bond donors (Lipinski definition) is 3. The number of anilines is 2. The van der Waals surface area contributed by atoms with Crippen LogP contribution in [0.1, 0.15) is 37.8 Å². The van der Waals surface area contributed by atoms with Crippen molar-refractivity contribution >= 4 is 34.0 Å². The summed E-state index contributed by atoms with van der Waals surface area (Å²) < 4.78 is 41.9. The molecule has 0 spiro atoms. The highest BCUT2D eigenvalue weighted by Crippen LogP contribution is 2.31. The SMILES string of the molecule is CSc1ccc(NCC#Cc2cc3c(NC4CCN(CCCCCN)CC4)cccc3n2CC(F)(F)F)cc1. The Labute approximate surface area is 233 Å². The summed E-state index contributed by atoms with van der Waals surface area (Å²) in [5, 5.41) is 7.62. The molecule has 1 aliphatic rings. The van der Waals surface area contributed by atoms with Crippen molar-refractivity contribution in [2.45, 2.75) is 55.8 Å². The lowest BCUT2D eigenvalue weighted by molar-refractivity contribution is -0.140. The molecule has 3 aromatic rings. The fraction of sp³-hybridized carbons (Fsp3) is 0.467. The Balaban J connectivity index is 1.45. The van der Waals surface area contributed by atoms with Crippen molar-refractivity contribution in [1.82, 2.24) is 9.47 Å². The Morgan fingerprint density at radius 1 is 1.05 bits per heavy atom. The van der Waals surface area contributed by atoms with Crippen molar-refractivity contribution in [1.29, 1.82) is 0 Å². The van der Waals surface area contributed by atoms with Crippen molar-refractivity contribution < 1.29 is 13.2 Å². The van der Waals surface area contributed by atoms with E-state index in [4.69, 9.17) is 5.73 Å². The van der Waals surface area contributed by atoms with Gasteiger partial charge in [0.2, 0.25) is 0 Å². The van der Waals surface area contributed by atoms with Crippen LogP contribution in [0.5, 0.6) is 0 Å². The van der Waals surface area contributed by atoms with Crippen LogP contribution in [0, 0.1) is 11.8 Å². The Kier molecular flexibility index (Phi) is 10.5. The lowest BCUT2D eigenvalue weighted by atomic mass is 10.0. The quantitative estimate of drug-likeness (QED) is 0.145. The first-order valence-corrected chi connectivity index (χ1v) is 14.8. The molecule has 1 fully saturated rings. The minimum Gasteiger partial charge on any atom is -0.382 e. The summed E-state index contributed by atoms with van der Waals surface area (Å²) >= 11 is 1.67. The largest absolute Gasteiger partial charge is 0.406 e. The summed E-state index contributed by atoms with van der Waals surface area (Å²) in [4.78, 5) is 3.66. The van der Waals surface area contributed by atoms with Crippen LogP contribution in [0.2, 0.25) is 0 Å². The van der Waals surface area contributed by atoms with Crippen LogP contribution in [0.25, 0.3) is 10.9 Å². The number of halogens is 3. The normalized spacial score (nSPS) is 14.8. The van der Waals surface area contributed by atoms with Crippen molar-refractivity contribution in [3.8, 4) is 11.8 Å². The van der Waals surface area contributed by atoms with E-state index in [1.807, 2.05) is 42.7 Å². The fourth-order valence-corrected chi connectivity index (χ4v) is 5.44. The third-order valence-corrected chi connectivity index (χ3v) is 7.84. The van der Waals surface area contributed by atoms with Crippen molar-refractivity contribution in [2.24, 2.45) is 5.73 Å². The van der Waals surface area contributed by atoms with Gasteiger partial charge in [0.1, 0.15) is 6.54 Å². The zero-order chi connectivity index (χ0) is 27.7. The van der Waals surface area contributed by atoms with E-state index in [9.17, 15) is 13.2 Å². The van der Waals surface area contributed by atoms with Gasteiger partial charge in [0, 0.05) is 40.8 Å². The molecule has 0 radical (unpaired) electrons. The summed E-state index contributed by atoms with van der Waals surface area (Å²) in [6.07, 6.45) is 3.10. The molecule has 1 aliphatic heterocycles. The number of benzene rings is 2. The molecule has 1 saturated heterocycles. The molecule has 0 saturated carbocycles. The molecule has 2 heterocycles. The highest BCUT2D eigenvalue weighted by Gasteiger charge is 2.30. The van der Waals surface area contributed by atoms with E-state index >= 15 is 0 Å². The van der Waals surface area contributed by atoms with Crippen LogP contribution < -0.4 is 16.4 Å². The molecule has 0 bridgehead atoms. The number of hydrogen-bond acceptors (Lipinski definition) is 5. The second-order valence-corrected chi connectivity index (χ2v) is 10.8. The molecule has 39 heavy (non-hydrogen) atoms. The molecule has 4 N–H and O–H groups in total. The predicted octanol–water partition coefficient (Wildman–Crippen LogP) is 6.39. The van der Waals surface area contributed by atoms with E-state index in [2.05, 4.69) is 27.4 Å². The minimum atomic E-state index is -4.35. The first-order chi connectivity index (χ1) is 18.9.